The van der Waals surface area contributed by atoms with E-state index in [4.69, 9.17) is 9.47 Å². The minimum Gasteiger partial charge on any atom is -0.493 e. The number of benzene rings is 2. The molecule has 0 fully saturated rings. The Labute approximate surface area is 152 Å². The first-order valence-electron chi connectivity index (χ1n) is 8.98. The number of H-pyrrole nitrogens is 1. The van der Waals surface area contributed by atoms with Crippen LogP contribution >= 0.6 is 0 Å². The zero-order valence-electron chi connectivity index (χ0n) is 15.0. The van der Waals surface area contributed by atoms with Crippen molar-refractivity contribution < 1.29 is 9.47 Å². The molecule has 2 aromatic carbocycles. The number of nitrogens with one attached hydrogen (secondary N) is 2. The van der Waals surface area contributed by atoms with Gasteiger partial charge in [0.1, 0.15) is 5.82 Å². The molecule has 0 atom stereocenters. The molecule has 5 nitrogen and oxygen atoms in total. The summed E-state index contributed by atoms with van der Waals surface area (Å²) in [6, 6.07) is 10.7. The molecule has 0 aliphatic heterocycles. The summed E-state index contributed by atoms with van der Waals surface area (Å²) in [5, 5.41) is 11.2. The SMILES string of the molecule is COc1cc2c(cc1OC)-c1n[nH]c(Nc3ccc4c(c3)CCC4)c1C2. The summed E-state index contributed by atoms with van der Waals surface area (Å²) in [5.74, 6) is 2.45. The number of nitrogens with zero attached hydrogens (tertiary/aromatic N) is 1. The van der Waals surface area contributed by atoms with E-state index < -0.39 is 0 Å². The molecule has 0 saturated heterocycles. The molecule has 5 rings (SSSR count). The Bertz CT molecular complexity index is 1010. The van der Waals surface area contributed by atoms with Crippen LogP contribution in [0.1, 0.15) is 28.7 Å². The van der Waals surface area contributed by atoms with Crippen LogP contribution in [0.15, 0.2) is 30.3 Å². The molecule has 0 unspecified atom stereocenters. The lowest BCUT2D eigenvalue weighted by atomic mass is 10.1. The van der Waals surface area contributed by atoms with Crippen LogP contribution in [0.4, 0.5) is 11.5 Å². The van der Waals surface area contributed by atoms with Gasteiger partial charge in [-0.05, 0) is 60.2 Å². The Morgan fingerprint density at radius 2 is 1.77 bits per heavy atom. The van der Waals surface area contributed by atoms with Gasteiger partial charge in [-0.2, -0.15) is 5.10 Å². The fourth-order valence-corrected chi connectivity index (χ4v) is 4.14. The molecule has 3 aromatic rings. The molecular formula is C21H21N3O2. The number of aromatic nitrogens is 2. The second kappa shape index (κ2) is 5.80. The fraction of sp³-hybridized carbons (Fsp3) is 0.286. The molecular weight excluding hydrogens is 326 g/mol. The first-order valence-corrected chi connectivity index (χ1v) is 8.98. The van der Waals surface area contributed by atoms with E-state index in [1.54, 1.807) is 14.2 Å². The third-order valence-electron chi connectivity index (χ3n) is 5.47. The summed E-state index contributed by atoms with van der Waals surface area (Å²) in [4.78, 5) is 0. The van der Waals surface area contributed by atoms with Crippen LogP contribution in [-0.2, 0) is 19.3 Å². The molecule has 1 heterocycles. The standard InChI is InChI=1S/C21H21N3O2/c1-25-18-10-14-9-17-20(16(14)11-19(18)26-2)23-24-21(17)22-15-7-6-12-4-3-5-13(12)8-15/h6-8,10-11H,3-5,9H2,1-2H3,(H2,22,23,24). The molecule has 26 heavy (non-hydrogen) atoms. The molecule has 2 aliphatic carbocycles. The molecule has 0 spiro atoms. The maximum atomic E-state index is 5.44. The van der Waals surface area contributed by atoms with Crippen molar-refractivity contribution in [3.8, 4) is 22.8 Å². The zero-order valence-corrected chi connectivity index (χ0v) is 15.0. The topological polar surface area (TPSA) is 59.2 Å². The number of rotatable bonds is 4. The zero-order chi connectivity index (χ0) is 17.7. The Morgan fingerprint density at radius 3 is 2.62 bits per heavy atom. The van der Waals surface area contributed by atoms with E-state index in [1.807, 2.05) is 6.07 Å². The van der Waals surface area contributed by atoms with E-state index in [-0.39, 0.29) is 0 Å². The Balaban J connectivity index is 1.49. The third-order valence-corrected chi connectivity index (χ3v) is 5.47. The Morgan fingerprint density at radius 1 is 0.962 bits per heavy atom. The van der Waals surface area contributed by atoms with Crippen LogP contribution < -0.4 is 14.8 Å². The van der Waals surface area contributed by atoms with Gasteiger partial charge >= 0.3 is 0 Å². The van der Waals surface area contributed by atoms with Gasteiger partial charge < -0.3 is 14.8 Å². The lowest BCUT2D eigenvalue weighted by Crippen LogP contribution is -1.96. The fourth-order valence-electron chi connectivity index (χ4n) is 4.14. The summed E-state index contributed by atoms with van der Waals surface area (Å²) >= 11 is 0. The van der Waals surface area contributed by atoms with Crippen molar-refractivity contribution in [2.75, 3.05) is 19.5 Å². The van der Waals surface area contributed by atoms with E-state index >= 15 is 0 Å². The van der Waals surface area contributed by atoms with Crippen molar-refractivity contribution in [2.24, 2.45) is 0 Å². The van der Waals surface area contributed by atoms with Crippen LogP contribution in [0.2, 0.25) is 0 Å². The normalized spacial score (nSPS) is 13.9. The molecule has 132 valence electrons. The molecule has 2 N–H and O–H groups in total. The maximum absolute atomic E-state index is 5.44. The molecule has 2 aliphatic rings. The van der Waals surface area contributed by atoms with Crippen LogP contribution in [0.3, 0.4) is 0 Å². The molecule has 0 bridgehead atoms. The van der Waals surface area contributed by atoms with Crippen LogP contribution in [-0.4, -0.2) is 24.4 Å². The molecule has 5 heteroatoms. The largest absolute Gasteiger partial charge is 0.493 e. The monoisotopic (exact) mass is 347 g/mol. The molecule has 0 radical (unpaired) electrons. The highest BCUT2D eigenvalue weighted by atomic mass is 16.5. The van der Waals surface area contributed by atoms with Crippen molar-refractivity contribution in [1.29, 1.82) is 0 Å². The second-order valence-electron chi connectivity index (χ2n) is 6.93. The summed E-state index contributed by atoms with van der Waals surface area (Å²) in [7, 11) is 3.32. The number of fused-ring (bicyclic) bond motifs is 4. The lowest BCUT2D eigenvalue weighted by Gasteiger charge is -2.10. The van der Waals surface area contributed by atoms with Gasteiger partial charge in [0.15, 0.2) is 11.5 Å². The Hall–Kier alpha value is -2.95. The third kappa shape index (κ3) is 2.27. The van der Waals surface area contributed by atoms with Crippen molar-refractivity contribution in [2.45, 2.75) is 25.7 Å². The lowest BCUT2D eigenvalue weighted by molar-refractivity contribution is 0.355. The van der Waals surface area contributed by atoms with Crippen LogP contribution in [0.5, 0.6) is 11.5 Å². The Kier molecular flexibility index (Phi) is 3.42. The second-order valence-corrected chi connectivity index (χ2v) is 6.93. The summed E-state index contributed by atoms with van der Waals surface area (Å²) in [5.41, 5.74) is 8.56. The van der Waals surface area contributed by atoms with E-state index in [2.05, 4.69) is 39.8 Å². The first kappa shape index (κ1) is 15.3. The summed E-state index contributed by atoms with van der Waals surface area (Å²) in [6.45, 7) is 0. The van der Waals surface area contributed by atoms with Crippen LogP contribution in [0.25, 0.3) is 11.3 Å². The van der Waals surface area contributed by atoms with Gasteiger partial charge in [-0.1, -0.05) is 6.07 Å². The highest BCUT2D eigenvalue weighted by Crippen LogP contribution is 2.44. The summed E-state index contributed by atoms with van der Waals surface area (Å²) < 4.78 is 10.9. The first-order chi connectivity index (χ1) is 12.8. The van der Waals surface area contributed by atoms with Gasteiger partial charge in [-0.3, -0.25) is 5.10 Å². The van der Waals surface area contributed by atoms with Gasteiger partial charge in [-0.25, -0.2) is 0 Å². The van der Waals surface area contributed by atoms with Gasteiger partial charge in [0.05, 0.1) is 19.9 Å². The number of hydrogen-bond acceptors (Lipinski definition) is 4. The van der Waals surface area contributed by atoms with E-state index in [1.165, 1.54) is 41.5 Å². The number of hydrogen-bond donors (Lipinski definition) is 2. The average molecular weight is 347 g/mol. The van der Waals surface area contributed by atoms with Crippen molar-refractivity contribution >= 4 is 11.5 Å². The predicted octanol–water partition coefficient (Wildman–Crippen LogP) is 4.23. The van der Waals surface area contributed by atoms with Crippen LogP contribution in [0, 0.1) is 0 Å². The minimum absolute atomic E-state index is 0.732. The van der Waals surface area contributed by atoms with E-state index in [0.717, 1.165) is 40.7 Å². The minimum atomic E-state index is 0.732. The van der Waals surface area contributed by atoms with E-state index in [0.29, 0.717) is 0 Å². The number of methoxy groups -OCH3 is 2. The smallest absolute Gasteiger partial charge is 0.161 e. The van der Waals surface area contributed by atoms with Gasteiger partial charge in [0.2, 0.25) is 0 Å². The van der Waals surface area contributed by atoms with E-state index in [9.17, 15) is 0 Å². The molecule has 1 aromatic heterocycles. The number of aromatic amines is 1. The van der Waals surface area contributed by atoms with Crippen molar-refractivity contribution in [3.63, 3.8) is 0 Å². The maximum Gasteiger partial charge on any atom is 0.161 e. The van der Waals surface area contributed by atoms with Gasteiger partial charge in [0, 0.05) is 23.2 Å². The number of anilines is 2. The summed E-state index contributed by atoms with van der Waals surface area (Å²) in [6.07, 6.45) is 4.47. The highest BCUT2D eigenvalue weighted by Gasteiger charge is 2.27. The number of ether oxygens (including phenoxy) is 2. The highest BCUT2D eigenvalue weighted by molar-refractivity contribution is 5.81. The van der Waals surface area contributed by atoms with Gasteiger partial charge in [0.25, 0.3) is 0 Å². The molecule has 0 saturated carbocycles. The van der Waals surface area contributed by atoms with Crippen molar-refractivity contribution in [1.82, 2.24) is 10.2 Å². The van der Waals surface area contributed by atoms with Crippen molar-refractivity contribution in [3.05, 3.63) is 52.6 Å². The van der Waals surface area contributed by atoms with Gasteiger partial charge in [-0.15, -0.1) is 0 Å². The quantitative estimate of drug-likeness (QED) is 0.580. The number of aryl methyl sites for hydroxylation is 2. The predicted molar refractivity (Wildman–Crippen MR) is 102 cm³/mol. The molecule has 0 amide bonds. The average Bonchev–Trinajstić information content (AvgIpc) is 3.36.